The molecule has 0 heterocycles. The first-order chi connectivity index (χ1) is 14.1. The second-order valence-corrected chi connectivity index (χ2v) is 5.68. The standard InChI is InChI=1S/3C7H7NO2/c3*8-6-4-2-1-3-5(6)7(9)10/h3*1-4H,8H2,(H,9,10). The fraction of sp³-hybridized carbons (Fsp3) is 0. The highest BCUT2D eigenvalue weighted by Gasteiger charge is 2.05. The minimum Gasteiger partial charge on any atom is -0.478 e. The van der Waals surface area contributed by atoms with Crippen LogP contribution in [0.1, 0.15) is 31.1 Å². The van der Waals surface area contributed by atoms with E-state index >= 15 is 0 Å². The minimum absolute atomic E-state index is 0.155. The largest absolute Gasteiger partial charge is 0.478 e. The van der Waals surface area contributed by atoms with E-state index in [0.717, 1.165) is 0 Å². The third-order valence-corrected chi connectivity index (χ3v) is 3.57. The van der Waals surface area contributed by atoms with E-state index in [4.69, 9.17) is 32.5 Å². The van der Waals surface area contributed by atoms with Crippen LogP contribution in [0.2, 0.25) is 0 Å². The fourth-order valence-corrected chi connectivity index (χ4v) is 2.08. The number of carboxylic acids is 3. The number of hydrogen-bond donors (Lipinski definition) is 6. The predicted octanol–water partition coefficient (Wildman–Crippen LogP) is 2.90. The maximum absolute atomic E-state index is 10.3. The van der Waals surface area contributed by atoms with Crippen molar-refractivity contribution in [3.63, 3.8) is 0 Å². The van der Waals surface area contributed by atoms with Crippen LogP contribution in [0.15, 0.2) is 72.8 Å². The number of hydrogen-bond acceptors (Lipinski definition) is 6. The Bertz CT molecular complexity index is 905. The summed E-state index contributed by atoms with van der Waals surface area (Å²) in [4.78, 5) is 31.0. The van der Waals surface area contributed by atoms with E-state index in [1.807, 2.05) is 0 Å². The van der Waals surface area contributed by atoms with Gasteiger partial charge in [0, 0.05) is 17.1 Å². The van der Waals surface area contributed by atoms with Crippen molar-refractivity contribution in [1.82, 2.24) is 0 Å². The van der Waals surface area contributed by atoms with Crippen molar-refractivity contribution in [2.75, 3.05) is 17.2 Å². The van der Waals surface area contributed by atoms with Gasteiger partial charge in [-0.2, -0.15) is 0 Å². The van der Waals surface area contributed by atoms with Crippen molar-refractivity contribution in [2.24, 2.45) is 0 Å². The number of aromatic carboxylic acids is 3. The second-order valence-electron chi connectivity index (χ2n) is 5.68. The molecule has 9 heteroatoms. The molecule has 0 spiro atoms. The number of carbonyl (C=O) groups is 3. The number of rotatable bonds is 3. The molecule has 0 aliphatic heterocycles. The van der Waals surface area contributed by atoms with Crippen LogP contribution in [0, 0.1) is 0 Å². The average molecular weight is 411 g/mol. The summed E-state index contributed by atoms with van der Waals surface area (Å²) >= 11 is 0. The molecule has 3 aromatic rings. The Morgan fingerprint density at radius 1 is 0.467 bits per heavy atom. The summed E-state index contributed by atoms with van der Waals surface area (Å²) in [6.45, 7) is 0. The maximum Gasteiger partial charge on any atom is 0.337 e. The SMILES string of the molecule is Nc1ccccc1C(=O)O.Nc1ccccc1C(=O)O.Nc1ccccc1C(=O)O. The lowest BCUT2D eigenvalue weighted by molar-refractivity contribution is 0.0687. The van der Waals surface area contributed by atoms with E-state index < -0.39 is 17.9 Å². The van der Waals surface area contributed by atoms with Crippen LogP contribution in [0.25, 0.3) is 0 Å². The van der Waals surface area contributed by atoms with Crippen LogP contribution in [0.5, 0.6) is 0 Å². The van der Waals surface area contributed by atoms with E-state index in [1.54, 1.807) is 54.6 Å². The van der Waals surface area contributed by atoms with Gasteiger partial charge in [-0.15, -0.1) is 0 Å². The molecule has 0 atom stereocenters. The molecule has 0 aliphatic carbocycles. The lowest BCUT2D eigenvalue weighted by atomic mass is 10.2. The summed E-state index contributed by atoms with van der Waals surface area (Å²) in [7, 11) is 0. The molecule has 3 rings (SSSR count). The lowest BCUT2D eigenvalue weighted by Gasteiger charge is -1.96. The summed E-state index contributed by atoms with van der Waals surface area (Å²) in [5, 5.41) is 25.5. The minimum atomic E-state index is -0.988. The zero-order valence-electron chi connectivity index (χ0n) is 15.7. The first-order valence-electron chi connectivity index (χ1n) is 8.38. The fourth-order valence-electron chi connectivity index (χ4n) is 2.08. The Kier molecular flexibility index (Phi) is 8.89. The third-order valence-electron chi connectivity index (χ3n) is 3.57. The zero-order valence-corrected chi connectivity index (χ0v) is 15.7. The van der Waals surface area contributed by atoms with Crippen LogP contribution >= 0.6 is 0 Å². The number of benzene rings is 3. The first-order valence-corrected chi connectivity index (χ1v) is 8.38. The Balaban J connectivity index is 0.000000225. The van der Waals surface area contributed by atoms with Gasteiger partial charge in [0.1, 0.15) is 0 Å². The van der Waals surface area contributed by atoms with Crippen molar-refractivity contribution in [3.8, 4) is 0 Å². The van der Waals surface area contributed by atoms with Crippen molar-refractivity contribution in [3.05, 3.63) is 89.5 Å². The average Bonchev–Trinajstić information content (AvgIpc) is 2.69. The number of para-hydroxylation sites is 3. The maximum atomic E-state index is 10.3. The molecule has 0 saturated carbocycles. The molecule has 30 heavy (non-hydrogen) atoms. The summed E-state index contributed by atoms with van der Waals surface area (Å²) in [6.07, 6.45) is 0. The Morgan fingerprint density at radius 2 is 0.667 bits per heavy atom. The van der Waals surface area contributed by atoms with Crippen molar-refractivity contribution < 1.29 is 29.7 Å². The molecule has 9 N–H and O–H groups in total. The van der Waals surface area contributed by atoms with Gasteiger partial charge in [0.25, 0.3) is 0 Å². The van der Waals surface area contributed by atoms with E-state index in [-0.39, 0.29) is 16.7 Å². The van der Waals surface area contributed by atoms with E-state index in [2.05, 4.69) is 0 Å². The van der Waals surface area contributed by atoms with Crippen molar-refractivity contribution >= 4 is 35.0 Å². The number of anilines is 3. The highest BCUT2D eigenvalue weighted by Crippen LogP contribution is 2.10. The highest BCUT2D eigenvalue weighted by molar-refractivity contribution is 5.94. The molecule has 0 saturated heterocycles. The van der Waals surface area contributed by atoms with Gasteiger partial charge in [0.05, 0.1) is 16.7 Å². The normalized spacial score (nSPS) is 9.20. The molecule has 0 aliphatic rings. The molecule has 0 amide bonds. The topological polar surface area (TPSA) is 190 Å². The van der Waals surface area contributed by atoms with Gasteiger partial charge in [0.2, 0.25) is 0 Å². The Morgan fingerprint density at radius 3 is 0.800 bits per heavy atom. The molecule has 156 valence electrons. The smallest absolute Gasteiger partial charge is 0.337 e. The van der Waals surface area contributed by atoms with E-state index in [0.29, 0.717) is 17.1 Å². The molecular formula is C21H21N3O6. The van der Waals surface area contributed by atoms with Gasteiger partial charge in [0.15, 0.2) is 0 Å². The summed E-state index contributed by atoms with van der Waals surface area (Å²) in [6, 6.07) is 19.1. The van der Waals surface area contributed by atoms with Crippen LogP contribution < -0.4 is 17.2 Å². The van der Waals surface area contributed by atoms with Crippen LogP contribution in [-0.2, 0) is 0 Å². The van der Waals surface area contributed by atoms with E-state index in [1.165, 1.54) is 18.2 Å². The highest BCUT2D eigenvalue weighted by atomic mass is 16.4. The number of carboxylic acid groups (broad SMARTS) is 3. The van der Waals surface area contributed by atoms with Gasteiger partial charge >= 0.3 is 17.9 Å². The van der Waals surface area contributed by atoms with Gasteiger partial charge in [-0.05, 0) is 36.4 Å². The third kappa shape index (κ3) is 7.24. The Labute approximate surface area is 172 Å². The first kappa shape index (κ1) is 23.5. The molecule has 0 fully saturated rings. The van der Waals surface area contributed by atoms with Gasteiger partial charge in [-0.3, -0.25) is 0 Å². The molecule has 9 nitrogen and oxygen atoms in total. The lowest BCUT2D eigenvalue weighted by Crippen LogP contribution is -2.00. The second kappa shape index (κ2) is 11.3. The quantitative estimate of drug-likeness (QED) is 0.352. The molecular weight excluding hydrogens is 390 g/mol. The summed E-state index contributed by atoms with van der Waals surface area (Å²) < 4.78 is 0. The van der Waals surface area contributed by atoms with Crippen LogP contribution in [-0.4, -0.2) is 33.2 Å². The Hall–Kier alpha value is -4.53. The molecule has 0 radical (unpaired) electrons. The van der Waals surface area contributed by atoms with Crippen LogP contribution in [0.3, 0.4) is 0 Å². The predicted molar refractivity (Wildman–Crippen MR) is 113 cm³/mol. The molecule has 0 bridgehead atoms. The summed E-state index contributed by atoms with van der Waals surface area (Å²) in [5.41, 5.74) is 17.4. The van der Waals surface area contributed by atoms with Crippen molar-refractivity contribution in [1.29, 1.82) is 0 Å². The monoisotopic (exact) mass is 411 g/mol. The zero-order chi connectivity index (χ0) is 22.7. The van der Waals surface area contributed by atoms with Crippen LogP contribution in [0.4, 0.5) is 17.1 Å². The molecule has 0 unspecified atom stereocenters. The van der Waals surface area contributed by atoms with Crippen molar-refractivity contribution in [2.45, 2.75) is 0 Å². The van der Waals surface area contributed by atoms with Gasteiger partial charge < -0.3 is 32.5 Å². The number of nitrogen functional groups attached to an aromatic ring is 3. The molecule has 0 aromatic heterocycles. The van der Waals surface area contributed by atoms with E-state index in [9.17, 15) is 14.4 Å². The summed E-state index contributed by atoms with van der Waals surface area (Å²) in [5.74, 6) is -2.96. The van der Waals surface area contributed by atoms with Gasteiger partial charge in [-0.1, -0.05) is 36.4 Å². The molecule has 3 aromatic carbocycles. The van der Waals surface area contributed by atoms with Gasteiger partial charge in [-0.25, -0.2) is 14.4 Å². The number of nitrogens with two attached hydrogens (primary N) is 3.